The fraction of sp³-hybridized carbons (Fsp3) is 0.545. The monoisotopic (exact) mass is 225 g/mol. The average Bonchev–Trinajstić information content (AvgIpc) is 2.23. The number of hydrazine groups is 1. The number of rotatable bonds is 4. The van der Waals surface area contributed by atoms with Crippen LogP contribution in [0.2, 0.25) is 0 Å². The predicted octanol–water partition coefficient (Wildman–Crippen LogP) is 1.29. The van der Waals surface area contributed by atoms with Gasteiger partial charge in [-0.3, -0.25) is 16.3 Å². The Morgan fingerprint density at radius 2 is 2.31 bits per heavy atom. The van der Waals surface area contributed by atoms with Crippen LogP contribution in [-0.4, -0.2) is 17.7 Å². The van der Waals surface area contributed by atoms with Crippen molar-refractivity contribution in [3.8, 4) is 0 Å². The summed E-state index contributed by atoms with van der Waals surface area (Å²) in [5, 5.41) is 0. The number of nitrogens with zero attached hydrogens (tertiary/aromatic N) is 1. The number of pyridine rings is 1. The molecule has 0 spiro atoms. The molecule has 1 aromatic heterocycles. The Kier molecular flexibility index (Phi) is 3.18. The van der Waals surface area contributed by atoms with E-state index in [1.807, 2.05) is 0 Å². The lowest BCUT2D eigenvalue weighted by Crippen LogP contribution is -2.52. The van der Waals surface area contributed by atoms with Crippen molar-refractivity contribution in [2.75, 3.05) is 7.11 Å². The SMILES string of the molecule is COC1(C(NN)c2cncc(F)c2)CCC1. The topological polar surface area (TPSA) is 60.2 Å². The van der Waals surface area contributed by atoms with Crippen LogP contribution in [-0.2, 0) is 4.74 Å². The molecule has 16 heavy (non-hydrogen) atoms. The normalized spacial score (nSPS) is 20.2. The van der Waals surface area contributed by atoms with Gasteiger partial charge in [-0.25, -0.2) is 4.39 Å². The minimum absolute atomic E-state index is 0.213. The van der Waals surface area contributed by atoms with Crippen LogP contribution in [0.4, 0.5) is 4.39 Å². The highest BCUT2D eigenvalue weighted by atomic mass is 19.1. The molecule has 1 unspecified atom stereocenters. The molecule has 2 rings (SSSR count). The van der Waals surface area contributed by atoms with Crippen LogP contribution in [0.5, 0.6) is 0 Å². The van der Waals surface area contributed by atoms with Gasteiger partial charge in [0.15, 0.2) is 0 Å². The molecule has 1 saturated carbocycles. The predicted molar refractivity (Wildman–Crippen MR) is 57.9 cm³/mol. The summed E-state index contributed by atoms with van der Waals surface area (Å²) in [6, 6.07) is 1.23. The van der Waals surface area contributed by atoms with E-state index in [9.17, 15) is 4.39 Å². The molecule has 0 amide bonds. The van der Waals surface area contributed by atoms with Crippen molar-refractivity contribution < 1.29 is 9.13 Å². The van der Waals surface area contributed by atoms with E-state index >= 15 is 0 Å². The van der Waals surface area contributed by atoms with Gasteiger partial charge >= 0.3 is 0 Å². The van der Waals surface area contributed by atoms with Crippen molar-refractivity contribution in [1.82, 2.24) is 10.4 Å². The summed E-state index contributed by atoms with van der Waals surface area (Å²) < 4.78 is 18.6. The number of nitrogens with two attached hydrogens (primary N) is 1. The van der Waals surface area contributed by atoms with Gasteiger partial charge < -0.3 is 4.74 Å². The number of hydrogen-bond acceptors (Lipinski definition) is 4. The van der Waals surface area contributed by atoms with E-state index < -0.39 is 0 Å². The summed E-state index contributed by atoms with van der Waals surface area (Å²) in [6.45, 7) is 0. The maximum atomic E-state index is 13.1. The molecule has 3 N–H and O–H groups in total. The maximum Gasteiger partial charge on any atom is 0.141 e. The lowest BCUT2D eigenvalue weighted by molar-refractivity contribution is -0.1000. The molecule has 1 aliphatic carbocycles. The summed E-state index contributed by atoms with van der Waals surface area (Å²) in [5.41, 5.74) is 3.12. The number of ether oxygens (including phenoxy) is 1. The van der Waals surface area contributed by atoms with Gasteiger partial charge in [-0.15, -0.1) is 0 Å². The van der Waals surface area contributed by atoms with Crippen molar-refractivity contribution in [1.29, 1.82) is 0 Å². The number of halogens is 1. The number of aromatic nitrogens is 1. The largest absolute Gasteiger partial charge is 0.376 e. The van der Waals surface area contributed by atoms with Crippen LogP contribution in [0.3, 0.4) is 0 Å². The Hall–Kier alpha value is -1.04. The second-order valence-corrected chi connectivity index (χ2v) is 4.16. The van der Waals surface area contributed by atoms with Gasteiger partial charge in [0.05, 0.1) is 17.8 Å². The minimum atomic E-state index is -0.358. The van der Waals surface area contributed by atoms with E-state index in [2.05, 4.69) is 10.4 Å². The van der Waals surface area contributed by atoms with Crippen molar-refractivity contribution in [3.05, 3.63) is 29.8 Å². The molecule has 1 aromatic rings. The van der Waals surface area contributed by atoms with Gasteiger partial charge in [0.2, 0.25) is 0 Å². The van der Waals surface area contributed by atoms with Gasteiger partial charge in [0.25, 0.3) is 0 Å². The number of methoxy groups -OCH3 is 1. The smallest absolute Gasteiger partial charge is 0.141 e. The highest BCUT2D eigenvalue weighted by Gasteiger charge is 2.45. The fourth-order valence-electron chi connectivity index (χ4n) is 2.27. The average molecular weight is 225 g/mol. The maximum absolute atomic E-state index is 13.1. The Labute approximate surface area is 94.0 Å². The molecule has 5 heteroatoms. The second kappa shape index (κ2) is 4.45. The Morgan fingerprint density at radius 3 is 2.75 bits per heavy atom. The first kappa shape index (κ1) is 11.4. The molecule has 1 fully saturated rings. The van der Waals surface area contributed by atoms with Crippen molar-refractivity contribution in [3.63, 3.8) is 0 Å². The van der Waals surface area contributed by atoms with Crippen molar-refractivity contribution in [2.24, 2.45) is 5.84 Å². The standard InChI is InChI=1S/C11H16FN3O/c1-16-11(3-2-4-11)10(15-13)8-5-9(12)7-14-6-8/h5-7,10,15H,2-4,13H2,1H3. The van der Waals surface area contributed by atoms with E-state index in [0.717, 1.165) is 24.8 Å². The van der Waals surface area contributed by atoms with Crippen LogP contribution in [0.15, 0.2) is 18.5 Å². The molecule has 0 aromatic carbocycles. The molecular formula is C11H16FN3O. The van der Waals surface area contributed by atoms with Crippen molar-refractivity contribution >= 4 is 0 Å². The molecular weight excluding hydrogens is 209 g/mol. The fourth-order valence-corrected chi connectivity index (χ4v) is 2.27. The van der Waals surface area contributed by atoms with Crippen LogP contribution < -0.4 is 11.3 Å². The summed E-state index contributed by atoms with van der Waals surface area (Å²) in [4.78, 5) is 3.83. The number of nitrogens with one attached hydrogen (secondary N) is 1. The highest BCUT2D eigenvalue weighted by Crippen LogP contribution is 2.44. The zero-order valence-corrected chi connectivity index (χ0v) is 9.24. The van der Waals surface area contributed by atoms with Gasteiger partial charge in [-0.1, -0.05) is 0 Å². The first-order chi connectivity index (χ1) is 7.72. The number of hydrogen-bond donors (Lipinski definition) is 2. The van der Waals surface area contributed by atoms with Gasteiger partial charge in [-0.2, -0.15) is 0 Å². The first-order valence-corrected chi connectivity index (χ1v) is 5.33. The van der Waals surface area contributed by atoms with E-state index in [4.69, 9.17) is 10.6 Å². The first-order valence-electron chi connectivity index (χ1n) is 5.33. The molecule has 0 bridgehead atoms. The third-order valence-corrected chi connectivity index (χ3v) is 3.36. The highest BCUT2D eigenvalue weighted by molar-refractivity contribution is 5.21. The zero-order valence-electron chi connectivity index (χ0n) is 9.24. The van der Waals surface area contributed by atoms with Crippen molar-refractivity contribution in [2.45, 2.75) is 30.9 Å². The Balaban J connectivity index is 2.28. The van der Waals surface area contributed by atoms with Gasteiger partial charge in [0.1, 0.15) is 5.82 Å². The molecule has 88 valence electrons. The minimum Gasteiger partial charge on any atom is -0.376 e. The third kappa shape index (κ3) is 1.81. The van der Waals surface area contributed by atoms with Crippen LogP contribution in [0.25, 0.3) is 0 Å². The van der Waals surface area contributed by atoms with Crippen LogP contribution >= 0.6 is 0 Å². The van der Waals surface area contributed by atoms with E-state index in [1.54, 1.807) is 13.3 Å². The van der Waals surface area contributed by atoms with Crippen LogP contribution in [0.1, 0.15) is 30.9 Å². The zero-order chi connectivity index (χ0) is 11.6. The lowest BCUT2D eigenvalue weighted by atomic mass is 9.72. The quantitative estimate of drug-likeness (QED) is 0.599. The summed E-state index contributed by atoms with van der Waals surface area (Å²) in [6.07, 6.45) is 5.75. The van der Waals surface area contributed by atoms with E-state index in [-0.39, 0.29) is 17.5 Å². The molecule has 0 radical (unpaired) electrons. The summed E-state index contributed by atoms with van der Waals surface area (Å²) >= 11 is 0. The Morgan fingerprint density at radius 1 is 1.56 bits per heavy atom. The molecule has 1 atom stereocenters. The Bertz CT molecular complexity index is 362. The molecule has 1 aliphatic rings. The van der Waals surface area contributed by atoms with Gasteiger partial charge in [0, 0.05) is 13.3 Å². The van der Waals surface area contributed by atoms with Gasteiger partial charge in [-0.05, 0) is 30.9 Å². The molecule has 1 heterocycles. The van der Waals surface area contributed by atoms with E-state index in [1.165, 1.54) is 12.3 Å². The van der Waals surface area contributed by atoms with Crippen LogP contribution in [0, 0.1) is 5.82 Å². The second-order valence-electron chi connectivity index (χ2n) is 4.16. The third-order valence-electron chi connectivity index (χ3n) is 3.36. The van der Waals surface area contributed by atoms with E-state index in [0.29, 0.717) is 0 Å². The molecule has 4 nitrogen and oxygen atoms in total. The molecule has 0 aliphatic heterocycles. The molecule has 0 saturated heterocycles. The lowest BCUT2D eigenvalue weighted by Gasteiger charge is -2.46. The summed E-state index contributed by atoms with van der Waals surface area (Å²) in [7, 11) is 1.66. The summed E-state index contributed by atoms with van der Waals surface area (Å²) in [5.74, 6) is 5.19.